The number of morpholine rings is 1. The molecule has 32 heavy (non-hydrogen) atoms. The Hall–Kier alpha value is -2.36. The van der Waals surface area contributed by atoms with Crippen molar-refractivity contribution >= 4 is 11.7 Å². The van der Waals surface area contributed by atoms with Gasteiger partial charge >= 0.3 is 0 Å². The van der Waals surface area contributed by atoms with Crippen LogP contribution in [0.15, 0.2) is 12.1 Å². The highest BCUT2D eigenvalue weighted by molar-refractivity contribution is 5.91. The van der Waals surface area contributed by atoms with Crippen LogP contribution in [-0.2, 0) is 9.53 Å². The molecule has 9 heteroatoms. The van der Waals surface area contributed by atoms with Gasteiger partial charge in [0.15, 0.2) is 0 Å². The molecule has 4 rings (SSSR count). The van der Waals surface area contributed by atoms with Crippen molar-refractivity contribution in [3.05, 3.63) is 29.2 Å². The highest BCUT2D eigenvalue weighted by Crippen LogP contribution is 2.21. The van der Waals surface area contributed by atoms with Crippen LogP contribution in [0, 0.1) is 26.7 Å². The number of ether oxygens (including phenoxy) is 1. The molecule has 0 aliphatic carbocycles. The number of nitrogens with one attached hydrogen (secondary N) is 1. The lowest BCUT2D eigenvalue weighted by atomic mass is 9.93. The van der Waals surface area contributed by atoms with Crippen LogP contribution in [0.1, 0.15) is 36.3 Å². The summed E-state index contributed by atoms with van der Waals surface area (Å²) in [5, 5.41) is 7.50. The van der Waals surface area contributed by atoms with Gasteiger partial charge in [-0.15, -0.1) is 0 Å². The number of hydrogen-bond acceptors (Lipinski definition) is 7. The van der Waals surface area contributed by atoms with E-state index in [0.717, 1.165) is 75.2 Å². The van der Waals surface area contributed by atoms with Gasteiger partial charge in [-0.1, -0.05) is 0 Å². The molecular weight excluding hydrogens is 406 g/mol. The third-order valence-electron chi connectivity index (χ3n) is 6.29. The topological polar surface area (TPSA) is 88.4 Å². The molecule has 9 nitrogen and oxygen atoms in total. The molecule has 2 saturated heterocycles. The van der Waals surface area contributed by atoms with E-state index < -0.39 is 0 Å². The Kier molecular flexibility index (Phi) is 7.49. The molecule has 0 atom stereocenters. The number of rotatable bonds is 7. The first-order valence-electron chi connectivity index (χ1n) is 11.7. The van der Waals surface area contributed by atoms with Crippen molar-refractivity contribution in [3.8, 4) is 5.95 Å². The van der Waals surface area contributed by atoms with Crippen molar-refractivity contribution in [3.63, 3.8) is 0 Å². The van der Waals surface area contributed by atoms with E-state index in [0.29, 0.717) is 18.3 Å². The third kappa shape index (κ3) is 6.11. The van der Waals surface area contributed by atoms with Crippen molar-refractivity contribution in [1.82, 2.24) is 29.5 Å². The van der Waals surface area contributed by atoms with E-state index in [4.69, 9.17) is 4.74 Å². The highest BCUT2D eigenvalue weighted by atomic mass is 16.5. The maximum absolute atomic E-state index is 12.8. The lowest BCUT2D eigenvalue weighted by Gasteiger charge is -2.33. The van der Waals surface area contributed by atoms with Crippen molar-refractivity contribution in [2.75, 3.05) is 57.8 Å². The first-order valence-corrected chi connectivity index (χ1v) is 11.7. The fraction of sp³-hybridized carbons (Fsp3) is 0.652. The molecule has 0 aromatic carbocycles. The maximum atomic E-state index is 12.8. The lowest BCUT2D eigenvalue weighted by Crippen LogP contribution is -2.41. The Morgan fingerprint density at radius 2 is 1.69 bits per heavy atom. The standard InChI is InChI=1S/C23H35N7O2/c1-17-14-18(2)25-23(24-17)30-21(15-19(3)27-30)26-22(31)16-29-8-5-20(6-9-29)4-7-28-10-12-32-13-11-28/h14-15,20H,4-13,16H2,1-3H3,(H,26,31). The Bertz CT molecular complexity index is 895. The molecule has 0 unspecified atom stereocenters. The highest BCUT2D eigenvalue weighted by Gasteiger charge is 2.23. The average Bonchev–Trinajstić information content (AvgIpc) is 3.13. The molecule has 0 bridgehead atoms. The normalized spacial score (nSPS) is 18.7. The Labute approximate surface area is 190 Å². The number of likely N-dealkylation sites (tertiary alicyclic amines) is 1. The number of carbonyl (C=O) groups excluding carboxylic acids is 1. The van der Waals surface area contributed by atoms with Crippen LogP contribution in [0.3, 0.4) is 0 Å². The molecule has 0 radical (unpaired) electrons. The second kappa shape index (κ2) is 10.5. The minimum atomic E-state index is -0.0257. The zero-order valence-corrected chi connectivity index (χ0v) is 19.5. The van der Waals surface area contributed by atoms with Crippen LogP contribution < -0.4 is 5.32 Å². The minimum absolute atomic E-state index is 0.0257. The van der Waals surface area contributed by atoms with E-state index in [1.165, 1.54) is 13.0 Å². The molecule has 1 N–H and O–H groups in total. The van der Waals surface area contributed by atoms with E-state index in [1.54, 1.807) is 4.68 Å². The SMILES string of the molecule is Cc1cc(C)nc(-n2nc(C)cc2NC(=O)CN2CCC(CCN3CCOCC3)CC2)n1. The molecule has 0 spiro atoms. The lowest BCUT2D eigenvalue weighted by molar-refractivity contribution is -0.117. The second-order valence-electron chi connectivity index (χ2n) is 9.04. The van der Waals surface area contributed by atoms with Crippen molar-refractivity contribution in [2.45, 2.75) is 40.0 Å². The number of aryl methyl sites for hydroxylation is 3. The van der Waals surface area contributed by atoms with E-state index in [2.05, 4.69) is 30.2 Å². The molecule has 2 aliphatic heterocycles. The Morgan fingerprint density at radius 3 is 2.38 bits per heavy atom. The fourth-order valence-electron chi connectivity index (χ4n) is 4.55. The first-order chi connectivity index (χ1) is 15.5. The molecule has 2 aliphatic rings. The number of piperidine rings is 1. The summed E-state index contributed by atoms with van der Waals surface area (Å²) >= 11 is 0. The van der Waals surface area contributed by atoms with Crippen LogP contribution >= 0.6 is 0 Å². The summed E-state index contributed by atoms with van der Waals surface area (Å²) in [6, 6.07) is 3.78. The molecule has 2 aromatic rings. The zero-order valence-electron chi connectivity index (χ0n) is 19.5. The molecule has 2 aromatic heterocycles. The summed E-state index contributed by atoms with van der Waals surface area (Å²) in [6.07, 6.45) is 3.56. The van der Waals surface area contributed by atoms with Crippen molar-refractivity contribution < 1.29 is 9.53 Å². The van der Waals surface area contributed by atoms with Gasteiger partial charge < -0.3 is 10.1 Å². The van der Waals surface area contributed by atoms with Gasteiger partial charge in [0.05, 0.1) is 25.5 Å². The van der Waals surface area contributed by atoms with E-state index >= 15 is 0 Å². The Balaban J connectivity index is 1.27. The molecule has 4 heterocycles. The largest absolute Gasteiger partial charge is 0.379 e. The predicted octanol–water partition coefficient (Wildman–Crippen LogP) is 1.96. The number of aromatic nitrogens is 4. The minimum Gasteiger partial charge on any atom is -0.379 e. The van der Waals surface area contributed by atoms with Crippen LogP contribution in [0.4, 0.5) is 5.82 Å². The third-order valence-corrected chi connectivity index (χ3v) is 6.29. The van der Waals surface area contributed by atoms with Crippen LogP contribution in [0.5, 0.6) is 0 Å². The van der Waals surface area contributed by atoms with Gasteiger partial charge in [0.2, 0.25) is 5.91 Å². The number of amides is 1. The average molecular weight is 442 g/mol. The molecule has 0 saturated carbocycles. The van der Waals surface area contributed by atoms with Gasteiger partial charge in [-0.3, -0.25) is 14.6 Å². The Morgan fingerprint density at radius 1 is 1.00 bits per heavy atom. The first kappa shape index (κ1) is 22.8. The van der Waals surface area contributed by atoms with Crippen LogP contribution in [-0.4, -0.2) is 87.9 Å². The summed E-state index contributed by atoms with van der Waals surface area (Å²) < 4.78 is 7.05. The monoisotopic (exact) mass is 441 g/mol. The van der Waals surface area contributed by atoms with E-state index in [1.807, 2.05) is 32.9 Å². The second-order valence-corrected chi connectivity index (χ2v) is 9.04. The molecule has 1 amide bonds. The maximum Gasteiger partial charge on any atom is 0.252 e. The van der Waals surface area contributed by atoms with Crippen molar-refractivity contribution in [2.24, 2.45) is 5.92 Å². The number of nitrogens with zero attached hydrogens (tertiary/aromatic N) is 6. The molecule has 174 valence electrons. The van der Waals surface area contributed by atoms with E-state index in [-0.39, 0.29) is 5.91 Å². The number of carbonyl (C=O) groups is 1. The fourth-order valence-corrected chi connectivity index (χ4v) is 4.55. The van der Waals surface area contributed by atoms with Crippen molar-refractivity contribution in [1.29, 1.82) is 0 Å². The summed E-state index contributed by atoms with van der Waals surface area (Å²) in [5.74, 6) is 1.81. The van der Waals surface area contributed by atoms with Gasteiger partial charge in [0.1, 0.15) is 5.82 Å². The predicted molar refractivity (Wildman–Crippen MR) is 123 cm³/mol. The van der Waals surface area contributed by atoms with E-state index in [9.17, 15) is 4.79 Å². The molecular formula is C23H35N7O2. The quantitative estimate of drug-likeness (QED) is 0.703. The van der Waals surface area contributed by atoms with Gasteiger partial charge in [-0.05, 0) is 71.7 Å². The van der Waals surface area contributed by atoms with Crippen LogP contribution in [0.2, 0.25) is 0 Å². The summed E-state index contributed by atoms with van der Waals surface area (Å²) in [7, 11) is 0. The smallest absolute Gasteiger partial charge is 0.252 e. The van der Waals surface area contributed by atoms with Gasteiger partial charge in [0, 0.05) is 30.5 Å². The van der Waals surface area contributed by atoms with Crippen LogP contribution in [0.25, 0.3) is 5.95 Å². The van der Waals surface area contributed by atoms with Gasteiger partial charge in [-0.2, -0.15) is 9.78 Å². The summed E-state index contributed by atoms with van der Waals surface area (Å²) in [4.78, 5) is 26.5. The summed E-state index contributed by atoms with van der Waals surface area (Å²) in [5.41, 5.74) is 2.55. The molecule has 2 fully saturated rings. The summed E-state index contributed by atoms with van der Waals surface area (Å²) in [6.45, 7) is 13.1. The number of anilines is 1. The number of hydrogen-bond donors (Lipinski definition) is 1. The van der Waals surface area contributed by atoms with Gasteiger partial charge in [0.25, 0.3) is 5.95 Å². The zero-order chi connectivity index (χ0) is 22.5. The van der Waals surface area contributed by atoms with Gasteiger partial charge in [-0.25, -0.2) is 9.97 Å².